The van der Waals surface area contributed by atoms with Crippen LogP contribution in [0.5, 0.6) is 0 Å². The Morgan fingerprint density at radius 3 is 2.54 bits per heavy atom. The van der Waals surface area contributed by atoms with Crippen LogP contribution in [0.4, 0.5) is 10.2 Å². The minimum absolute atomic E-state index is 0.0421. The second-order valence-corrected chi connectivity index (χ2v) is 8.04. The Labute approximate surface area is 154 Å². The van der Waals surface area contributed by atoms with Crippen molar-refractivity contribution >= 4 is 32.6 Å². The number of fused-ring (bicyclic) bond motifs is 1. The van der Waals surface area contributed by atoms with E-state index in [1.807, 2.05) is 0 Å². The number of imidazole rings is 1. The standard InChI is InChI=1S/C10H14FN5O10P2/c11-10-14-7(12)4-8(15-10)16(2-13-4)9-5(17)6(26-28(21,22)23)3(25-9)1-24-27(18,19)20/h2-3,5-6,9,17H,1H2,(H2,12,14,15)(H2,18,19,20)(H2,21,22,23). The van der Waals surface area contributed by atoms with E-state index in [2.05, 4.69) is 24.0 Å². The first kappa shape index (κ1) is 21.1. The molecule has 0 radical (unpaired) electrons. The second-order valence-electron chi connectivity index (χ2n) is 5.60. The van der Waals surface area contributed by atoms with Crippen molar-refractivity contribution in [2.75, 3.05) is 12.3 Å². The lowest BCUT2D eigenvalue weighted by molar-refractivity contribution is -0.0502. The van der Waals surface area contributed by atoms with Gasteiger partial charge in [0.1, 0.15) is 18.3 Å². The molecule has 15 nitrogen and oxygen atoms in total. The molecular weight excluding hydrogens is 431 g/mol. The summed E-state index contributed by atoms with van der Waals surface area (Å²) in [5.74, 6) is -0.307. The number of phosphoric acid groups is 2. The van der Waals surface area contributed by atoms with Gasteiger partial charge < -0.3 is 35.2 Å². The predicted molar refractivity (Wildman–Crippen MR) is 84.5 cm³/mol. The first-order valence-electron chi connectivity index (χ1n) is 7.29. The van der Waals surface area contributed by atoms with E-state index in [1.54, 1.807) is 0 Å². The maximum atomic E-state index is 13.5. The second kappa shape index (κ2) is 7.35. The molecule has 0 amide bonds. The van der Waals surface area contributed by atoms with Crippen LogP contribution in [-0.2, 0) is 22.9 Å². The Morgan fingerprint density at radius 1 is 1.25 bits per heavy atom. The lowest BCUT2D eigenvalue weighted by Gasteiger charge is -2.20. The van der Waals surface area contributed by atoms with Crippen LogP contribution in [-0.4, -0.2) is 69.1 Å². The Hall–Kier alpha value is -1.58. The van der Waals surface area contributed by atoms with E-state index in [4.69, 9.17) is 30.0 Å². The molecule has 0 spiro atoms. The smallest absolute Gasteiger partial charge is 0.386 e. The maximum absolute atomic E-state index is 13.5. The molecule has 1 fully saturated rings. The number of aliphatic hydroxyl groups is 1. The third-order valence-electron chi connectivity index (χ3n) is 3.67. The highest BCUT2D eigenvalue weighted by Crippen LogP contribution is 2.45. The van der Waals surface area contributed by atoms with Gasteiger partial charge in [0.05, 0.1) is 12.9 Å². The Balaban J connectivity index is 1.96. The molecular formula is C10H14FN5O10P2. The van der Waals surface area contributed by atoms with Gasteiger partial charge in [-0.25, -0.2) is 14.1 Å². The SMILES string of the molecule is Nc1nc(F)nc2c1ncn2C1OC(COP(=O)(O)O)C(OP(=O)(O)O)C1O. The number of aromatic nitrogens is 4. The van der Waals surface area contributed by atoms with E-state index < -0.39 is 52.9 Å². The van der Waals surface area contributed by atoms with Crippen molar-refractivity contribution in [1.82, 2.24) is 19.5 Å². The van der Waals surface area contributed by atoms with Gasteiger partial charge in [0.15, 0.2) is 23.2 Å². The molecule has 4 unspecified atom stereocenters. The van der Waals surface area contributed by atoms with Gasteiger partial charge in [-0.2, -0.15) is 14.4 Å². The van der Waals surface area contributed by atoms with E-state index in [1.165, 1.54) is 0 Å². The summed E-state index contributed by atoms with van der Waals surface area (Å²) in [6, 6.07) is 0. The Morgan fingerprint density at radius 2 is 1.93 bits per heavy atom. The molecule has 2 aromatic rings. The normalized spacial score (nSPS) is 26.2. The first-order chi connectivity index (χ1) is 12.9. The summed E-state index contributed by atoms with van der Waals surface area (Å²) in [7, 11) is -10.1. The summed E-state index contributed by atoms with van der Waals surface area (Å²) >= 11 is 0. The van der Waals surface area contributed by atoms with E-state index in [0.717, 1.165) is 10.9 Å². The number of ether oxygens (including phenoxy) is 1. The Bertz CT molecular complexity index is 977. The zero-order valence-electron chi connectivity index (χ0n) is 13.5. The first-order valence-corrected chi connectivity index (χ1v) is 10.3. The lowest BCUT2D eigenvalue weighted by atomic mass is 10.1. The number of phosphoric ester groups is 2. The molecule has 0 bridgehead atoms. The largest absolute Gasteiger partial charge is 0.470 e. The van der Waals surface area contributed by atoms with Crippen molar-refractivity contribution in [3.63, 3.8) is 0 Å². The van der Waals surface area contributed by atoms with Gasteiger partial charge in [-0.05, 0) is 0 Å². The fourth-order valence-electron chi connectivity index (χ4n) is 2.64. The van der Waals surface area contributed by atoms with Crippen molar-refractivity contribution in [3.05, 3.63) is 12.4 Å². The van der Waals surface area contributed by atoms with Crippen molar-refractivity contribution in [2.45, 2.75) is 24.5 Å². The number of hydrogen-bond acceptors (Lipinski definition) is 10. The average Bonchev–Trinajstić information content (AvgIpc) is 3.06. The van der Waals surface area contributed by atoms with Crippen LogP contribution >= 0.6 is 15.6 Å². The molecule has 28 heavy (non-hydrogen) atoms. The number of rotatable bonds is 6. The molecule has 1 aliphatic rings. The quantitative estimate of drug-likeness (QED) is 0.217. The van der Waals surface area contributed by atoms with Gasteiger partial charge in [-0.3, -0.25) is 13.6 Å². The number of aliphatic hydroxyl groups excluding tert-OH is 1. The van der Waals surface area contributed by atoms with Crippen molar-refractivity contribution in [1.29, 1.82) is 0 Å². The highest BCUT2D eigenvalue weighted by Gasteiger charge is 2.49. The fraction of sp³-hybridized carbons (Fsp3) is 0.500. The summed E-state index contributed by atoms with van der Waals surface area (Å²) in [5, 5.41) is 10.4. The zero-order chi connectivity index (χ0) is 20.9. The summed E-state index contributed by atoms with van der Waals surface area (Å²) < 4.78 is 50.7. The monoisotopic (exact) mass is 445 g/mol. The van der Waals surface area contributed by atoms with Crippen LogP contribution in [0.2, 0.25) is 0 Å². The summed E-state index contributed by atoms with van der Waals surface area (Å²) in [6.45, 7) is -0.888. The number of hydrogen-bond donors (Lipinski definition) is 6. The molecule has 0 aliphatic carbocycles. The number of anilines is 1. The lowest BCUT2D eigenvalue weighted by Crippen LogP contribution is -2.35. The van der Waals surface area contributed by atoms with Crippen LogP contribution in [0.1, 0.15) is 6.23 Å². The number of nitrogen functional groups attached to an aromatic ring is 1. The van der Waals surface area contributed by atoms with Crippen LogP contribution in [0.3, 0.4) is 0 Å². The number of nitrogens with zero attached hydrogens (tertiary/aromatic N) is 4. The van der Waals surface area contributed by atoms with Gasteiger partial charge in [-0.15, -0.1) is 0 Å². The van der Waals surface area contributed by atoms with E-state index >= 15 is 0 Å². The molecule has 7 N–H and O–H groups in total. The molecule has 1 saturated heterocycles. The maximum Gasteiger partial charge on any atom is 0.470 e. The van der Waals surface area contributed by atoms with Crippen LogP contribution < -0.4 is 5.73 Å². The molecule has 3 rings (SSSR count). The average molecular weight is 445 g/mol. The summed E-state index contributed by atoms with van der Waals surface area (Å²) in [5.41, 5.74) is 5.28. The summed E-state index contributed by atoms with van der Waals surface area (Å²) in [6.07, 6.45) is -6.73. The number of halogens is 1. The van der Waals surface area contributed by atoms with Gasteiger partial charge in [0.2, 0.25) is 0 Å². The van der Waals surface area contributed by atoms with Gasteiger partial charge in [0.25, 0.3) is 0 Å². The van der Waals surface area contributed by atoms with Crippen molar-refractivity contribution < 1.29 is 52.0 Å². The molecule has 1 aliphatic heterocycles. The fourth-order valence-corrected chi connectivity index (χ4v) is 3.56. The van der Waals surface area contributed by atoms with E-state index in [-0.39, 0.29) is 17.0 Å². The molecule has 156 valence electrons. The molecule has 0 aromatic carbocycles. The van der Waals surface area contributed by atoms with Crippen LogP contribution in [0.15, 0.2) is 6.33 Å². The predicted octanol–water partition coefficient (Wildman–Crippen LogP) is -1.61. The minimum atomic E-state index is -5.14. The number of nitrogens with two attached hydrogens (primary N) is 1. The molecule has 0 saturated carbocycles. The Kier molecular flexibility index (Phi) is 5.55. The van der Waals surface area contributed by atoms with Gasteiger partial charge >= 0.3 is 21.7 Å². The minimum Gasteiger partial charge on any atom is -0.386 e. The topological polar surface area (TPSA) is 233 Å². The van der Waals surface area contributed by atoms with E-state index in [0.29, 0.717) is 0 Å². The highest BCUT2D eigenvalue weighted by atomic mass is 31.2. The summed E-state index contributed by atoms with van der Waals surface area (Å²) in [4.78, 5) is 46.3. The molecule has 18 heteroatoms. The van der Waals surface area contributed by atoms with Gasteiger partial charge in [0, 0.05) is 0 Å². The zero-order valence-corrected chi connectivity index (χ0v) is 15.3. The molecule has 4 atom stereocenters. The van der Waals surface area contributed by atoms with Gasteiger partial charge in [-0.1, -0.05) is 0 Å². The van der Waals surface area contributed by atoms with Crippen LogP contribution in [0.25, 0.3) is 11.2 Å². The third kappa shape index (κ3) is 4.52. The molecule has 2 aromatic heterocycles. The van der Waals surface area contributed by atoms with Crippen LogP contribution in [0, 0.1) is 6.08 Å². The van der Waals surface area contributed by atoms with E-state index in [9.17, 15) is 18.6 Å². The van der Waals surface area contributed by atoms with Crippen molar-refractivity contribution in [2.24, 2.45) is 0 Å². The van der Waals surface area contributed by atoms with Crippen molar-refractivity contribution in [3.8, 4) is 0 Å². The highest BCUT2D eigenvalue weighted by molar-refractivity contribution is 7.46. The third-order valence-corrected chi connectivity index (χ3v) is 4.67. The molecule has 3 heterocycles.